The highest BCUT2D eigenvalue weighted by Crippen LogP contribution is 2.24. The third kappa shape index (κ3) is 3.63. The summed E-state index contributed by atoms with van der Waals surface area (Å²) in [6.45, 7) is 7.61. The third-order valence-electron chi connectivity index (χ3n) is 3.23. The van der Waals surface area contributed by atoms with E-state index in [-0.39, 0.29) is 11.9 Å². The summed E-state index contributed by atoms with van der Waals surface area (Å²) in [5.74, 6) is 1.24. The lowest BCUT2D eigenvalue weighted by Gasteiger charge is -2.38. The molecule has 0 aromatic heterocycles. The molecule has 1 amide bonds. The van der Waals surface area contributed by atoms with Crippen molar-refractivity contribution < 1.29 is 4.79 Å². The highest BCUT2D eigenvalue weighted by Gasteiger charge is 2.30. The summed E-state index contributed by atoms with van der Waals surface area (Å²) in [4.78, 5) is 13.5. The fraction of sp³-hybridized carbons (Fsp3) is 0.917. The van der Waals surface area contributed by atoms with Gasteiger partial charge in [-0.3, -0.25) is 4.79 Å². The normalized spacial score (nSPS) is 28.2. The molecule has 1 saturated heterocycles. The molecule has 0 aromatic rings. The number of halogens is 1. The second-order valence-corrected chi connectivity index (χ2v) is 5.90. The Morgan fingerprint density at radius 1 is 1.50 bits per heavy atom. The second kappa shape index (κ2) is 5.87. The van der Waals surface area contributed by atoms with Gasteiger partial charge in [0.1, 0.15) is 5.38 Å². The minimum Gasteiger partial charge on any atom is -0.340 e. The van der Waals surface area contributed by atoms with Gasteiger partial charge in [0.25, 0.3) is 0 Å². The topological polar surface area (TPSA) is 46.3 Å². The van der Waals surface area contributed by atoms with Gasteiger partial charge in [-0.05, 0) is 31.6 Å². The molecule has 3 nitrogen and oxygen atoms in total. The van der Waals surface area contributed by atoms with Gasteiger partial charge in [0.05, 0.1) is 0 Å². The zero-order chi connectivity index (χ0) is 12.3. The van der Waals surface area contributed by atoms with Crippen molar-refractivity contribution in [2.45, 2.75) is 45.0 Å². The zero-order valence-electron chi connectivity index (χ0n) is 10.4. The van der Waals surface area contributed by atoms with Crippen molar-refractivity contribution in [1.82, 2.24) is 4.90 Å². The molecule has 0 radical (unpaired) electrons. The largest absolute Gasteiger partial charge is 0.340 e. The molecule has 16 heavy (non-hydrogen) atoms. The van der Waals surface area contributed by atoms with E-state index in [1.807, 2.05) is 0 Å². The van der Waals surface area contributed by atoms with Gasteiger partial charge < -0.3 is 10.6 Å². The Hall–Kier alpha value is -0.280. The lowest BCUT2D eigenvalue weighted by Crippen LogP contribution is -2.52. The third-order valence-corrected chi connectivity index (χ3v) is 3.42. The van der Waals surface area contributed by atoms with Crippen LogP contribution in [-0.2, 0) is 4.79 Å². The smallest absolute Gasteiger partial charge is 0.240 e. The summed E-state index contributed by atoms with van der Waals surface area (Å²) >= 11 is 5.80. The Morgan fingerprint density at radius 2 is 2.12 bits per heavy atom. The Morgan fingerprint density at radius 3 is 2.56 bits per heavy atom. The van der Waals surface area contributed by atoms with E-state index < -0.39 is 5.38 Å². The van der Waals surface area contributed by atoms with Gasteiger partial charge in [0, 0.05) is 19.1 Å². The highest BCUT2D eigenvalue weighted by atomic mass is 35.5. The molecule has 1 rings (SSSR count). The molecular weight excluding hydrogens is 224 g/mol. The van der Waals surface area contributed by atoms with Crippen LogP contribution in [-0.4, -0.2) is 35.3 Å². The summed E-state index contributed by atoms with van der Waals surface area (Å²) in [5.41, 5.74) is 6.12. The van der Waals surface area contributed by atoms with Crippen molar-refractivity contribution in [1.29, 1.82) is 0 Å². The van der Waals surface area contributed by atoms with Gasteiger partial charge in [-0.2, -0.15) is 0 Å². The van der Waals surface area contributed by atoms with Crippen LogP contribution in [0.2, 0.25) is 0 Å². The number of rotatable bonds is 3. The van der Waals surface area contributed by atoms with E-state index in [1.54, 1.807) is 11.8 Å². The number of hydrogen-bond acceptors (Lipinski definition) is 2. The number of hydrogen-bond donors (Lipinski definition) is 1. The van der Waals surface area contributed by atoms with Crippen LogP contribution in [0.25, 0.3) is 0 Å². The monoisotopic (exact) mass is 246 g/mol. The summed E-state index contributed by atoms with van der Waals surface area (Å²) in [5, 5.41) is -0.436. The Bertz CT molecular complexity index is 243. The molecule has 0 saturated carbocycles. The van der Waals surface area contributed by atoms with Crippen LogP contribution in [0.1, 0.15) is 33.6 Å². The quantitative estimate of drug-likeness (QED) is 0.773. The first-order valence-electron chi connectivity index (χ1n) is 6.10. The van der Waals surface area contributed by atoms with Crippen LogP contribution in [0.4, 0.5) is 0 Å². The first-order valence-corrected chi connectivity index (χ1v) is 6.54. The van der Waals surface area contributed by atoms with Crippen LogP contribution in [0.15, 0.2) is 0 Å². The SMILES string of the molecule is CC(C)CC1CCN(C(=O)C(C)Cl)CC1N. The number of carbonyl (C=O) groups excluding carboxylic acids is 1. The lowest BCUT2D eigenvalue weighted by atomic mass is 9.85. The molecule has 1 aliphatic heterocycles. The molecule has 0 aromatic carbocycles. The summed E-state index contributed by atoms with van der Waals surface area (Å²) in [7, 11) is 0. The molecule has 3 unspecified atom stereocenters. The van der Waals surface area contributed by atoms with E-state index in [4.69, 9.17) is 17.3 Å². The van der Waals surface area contributed by atoms with Gasteiger partial charge in [-0.25, -0.2) is 0 Å². The van der Waals surface area contributed by atoms with E-state index in [1.165, 1.54) is 0 Å². The molecule has 1 heterocycles. The minimum absolute atomic E-state index is 0.0140. The molecule has 94 valence electrons. The molecule has 3 atom stereocenters. The van der Waals surface area contributed by atoms with Crippen molar-refractivity contribution in [2.75, 3.05) is 13.1 Å². The minimum atomic E-state index is -0.436. The van der Waals surface area contributed by atoms with Crippen LogP contribution in [0.3, 0.4) is 0 Å². The number of piperidine rings is 1. The number of likely N-dealkylation sites (tertiary alicyclic amines) is 1. The molecule has 2 N–H and O–H groups in total. The van der Waals surface area contributed by atoms with Crippen molar-refractivity contribution in [3.63, 3.8) is 0 Å². The van der Waals surface area contributed by atoms with E-state index in [2.05, 4.69) is 13.8 Å². The first-order chi connectivity index (χ1) is 7.41. The Kier molecular flexibility index (Phi) is 5.06. The van der Waals surface area contributed by atoms with Gasteiger partial charge in [0.2, 0.25) is 5.91 Å². The van der Waals surface area contributed by atoms with Crippen LogP contribution in [0.5, 0.6) is 0 Å². The Balaban J connectivity index is 2.48. The molecule has 1 fully saturated rings. The lowest BCUT2D eigenvalue weighted by molar-refractivity contribution is -0.132. The molecule has 0 aliphatic carbocycles. The number of amides is 1. The molecule has 1 aliphatic rings. The first kappa shape index (κ1) is 13.8. The van der Waals surface area contributed by atoms with Gasteiger partial charge in [-0.15, -0.1) is 11.6 Å². The number of nitrogens with two attached hydrogens (primary N) is 1. The van der Waals surface area contributed by atoms with Crippen molar-refractivity contribution >= 4 is 17.5 Å². The maximum atomic E-state index is 11.7. The maximum absolute atomic E-state index is 11.7. The van der Waals surface area contributed by atoms with Gasteiger partial charge >= 0.3 is 0 Å². The zero-order valence-corrected chi connectivity index (χ0v) is 11.2. The van der Waals surface area contributed by atoms with E-state index in [0.717, 1.165) is 19.4 Å². The van der Waals surface area contributed by atoms with Crippen LogP contribution < -0.4 is 5.73 Å². The Labute approximate surface area is 103 Å². The fourth-order valence-electron chi connectivity index (χ4n) is 2.38. The maximum Gasteiger partial charge on any atom is 0.240 e. The van der Waals surface area contributed by atoms with Crippen molar-refractivity contribution in [3.8, 4) is 0 Å². The molecule has 4 heteroatoms. The average Bonchev–Trinajstić information content (AvgIpc) is 2.19. The van der Waals surface area contributed by atoms with Crippen molar-refractivity contribution in [3.05, 3.63) is 0 Å². The van der Waals surface area contributed by atoms with E-state index in [0.29, 0.717) is 18.4 Å². The number of alkyl halides is 1. The number of nitrogens with zero attached hydrogens (tertiary/aromatic N) is 1. The molecular formula is C12H23ClN2O. The predicted molar refractivity (Wildman–Crippen MR) is 67.4 cm³/mol. The number of carbonyl (C=O) groups is 1. The summed E-state index contributed by atoms with van der Waals surface area (Å²) in [6.07, 6.45) is 2.16. The van der Waals surface area contributed by atoms with Crippen LogP contribution >= 0.6 is 11.6 Å². The van der Waals surface area contributed by atoms with Gasteiger partial charge in [-0.1, -0.05) is 13.8 Å². The van der Waals surface area contributed by atoms with E-state index >= 15 is 0 Å². The van der Waals surface area contributed by atoms with Gasteiger partial charge in [0.15, 0.2) is 0 Å². The van der Waals surface area contributed by atoms with E-state index in [9.17, 15) is 4.79 Å². The predicted octanol–water partition coefficient (Wildman–Crippen LogP) is 1.84. The summed E-state index contributed by atoms with van der Waals surface area (Å²) < 4.78 is 0. The van der Waals surface area contributed by atoms with Crippen molar-refractivity contribution in [2.24, 2.45) is 17.6 Å². The molecule has 0 spiro atoms. The molecule has 0 bridgehead atoms. The standard InChI is InChI=1S/C12H23ClN2O/c1-8(2)6-10-4-5-15(7-11(10)14)12(16)9(3)13/h8-11H,4-7,14H2,1-3H3. The summed E-state index contributed by atoms with van der Waals surface area (Å²) in [6, 6.07) is 0.107. The van der Waals surface area contributed by atoms with Crippen LogP contribution in [0, 0.1) is 11.8 Å². The highest BCUT2D eigenvalue weighted by molar-refractivity contribution is 6.30. The second-order valence-electron chi connectivity index (χ2n) is 5.24. The average molecular weight is 247 g/mol. The fourth-order valence-corrected chi connectivity index (χ4v) is 2.52.